The van der Waals surface area contributed by atoms with Gasteiger partial charge in [-0.15, -0.1) is 0 Å². The van der Waals surface area contributed by atoms with Gasteiger partial charge in [-0.05, 0) is 42.7 Å². The maximum absolute atomic E-state index is 12.3. The number of ketones is 1. The van der Waals surface area contributed by atoms with Crippen LogP contribution in [0.15, 0.2) is 58.0 Å². The lowest BCUT2D eigenvalue weighted by atomic mass is 10.0. The quantitative estimate of drug-likeness (QED) is 0.547. The molecular formula is C18H15NO3. The van der Waals surface area contributed by atoms with Crippen LogP contribution in [0.25, 0.3) is 11.0 Å². The van der Waals surface area contributed by atoms with Gasteiger partial charge >= 0.3 is 5.63 Å². The Labute approximate surface area is 127 Å². The fraction of sp³-hybridized carbons (Fsp3) is 0.167. The molecule has 0 aliphatic heterocycles. The fourth-order valence-electron chi connectivity index (χ4n) is 2.45. The molecule has 0 aliphatic carbocycles. The molecule has 1 aromatic carbocycles. The summed E-state index contributed by atoms with van der Waals surface area (Å²) in [4.78, 5) is 27.7. The molecule has 22 heavy (non-hydrogen) atoms. The van der Waals surface area contributed by atoms with E-state index in [1.165, 1.54) is 6.07 Å². The van der Waals surface area contributed by atoms with E-state index in [0.29, 0.717) is 24.0 Å². The number of nitrogens with zero attached hydrogens (tertiary/aromatic N) is 1. The molecule has 0 atom stereocenters. The van der Waals surface area contributed by atoms with Gasteiger partial charge in [0.15, 0.2) is 5.78 Å². The Kier molecular flexibility index (Phi) is 3.83. The molecule has 0 fully saturated rings. The van der Waals surface area contributed by atoms with E-state index >= 15 is 0 Å². The third-order valence-corrected chi connectivity index (χ3v) is 3.66. The number of Topliss-reactive ketones (excluding diaryl/α,β-unsaturated/α-hetero) is 1. The van der Waals surface area contributed by atoms with Crippen LogP contribution in [0.5, 0.6) is 0 Å². The number of aryl methyl sites for hydroxylation is 2. The summed E-state index contributed by atoms with van der Waals surface area (Å²) in [6.45, 7) is 1.85. The van der Waals surface area contributed by atoms with Crippen LogP contribution in [0.4, 0.5) is 0 Å². The van der Waals surface area contributed by atoms with E-state index in [4.69, 9.17) is 4.42 Å². The molecule has 0 unspecified atom stereocenters. The van der Waals surface area contributed by atoms with E-state index in [2.05, 4.69) is 4.98 Å². The minimum atomic E-state index is -0.397. The average Bonchev–Trinajstić information content (AvgIpc) is 2.53. The van der Waals surface area contributed by atoms with Gasteiger partial charge in [0.25, 0.3) is 0 Å². The second-order valence-electron chi connectivity index (χ2n) is 5.24. The van der Waals surface area contributed by atoms with Crippen molar-refractivity contribution in [1.29, 1.82) is 0 Å². The second-order valence-corrected chi connectivity index (χ2v) is 5.24. The summed E-state index contributed by atoms with van der Waals surface area (Å²) in [6.07, 6.45) is 4.50. The molecule has 0 radical (unpaired) electrons. The number of pyridine rings is 1. The second kappa shape index (κ2) is 5.93. The van der Waals surface area contributed by atoms with Gasteiger partial charge < -0.3 is 4.42 Å². The van der Waals surface area contributed by atoms with Gasteiger partial charge in [-0.1, -0.05) is 12.1 Å². The molecule has 4 nitrogen and oxygen atoms in total. The van der Waals surface area contributed by atoms with E-state index in [1.807, 2.05) is 25.1 Å². The van der Waals surface area contributed by atoms with Crippen molar-refractivity contribution >= 4 is 16.8 Å². The van der Waals surface area contributed by atoms with Crippen LogP contribution in [0, 0.1) is 6.92 Å². The SMILES string of the molecule is Cc1cc(=O)oc2cc(C(=O)CCc3ccncc3)ccc12. The lowest BCUT2D eigenvalue weighted by Gasteiger charge is -2.04. The number of hydrogen-bond acceptors (Lipinski definition) is 4. The van der Waals surface area contributed by atoms with Crippen molar-refractivity contribution in [2.24, 2.45) is 0 Å². The molecule has 0 saturated carbocycles. The molecule has 0 saturated heterocycles. The van der Waals surface area contributed by atoms with Gasteiger partial charge in [0, 0.05) is 35.8 Å². The van der Waals surface area contributed by atoms with E-state index in [9.17, 15) is 9.59 Å². The fourth-order valence-corrected chi connectivity index (χ4v) is 2.45. The van der Waals surface area contributed by atoms with Crippen LogP contribution in [0.2, 0.25) is 0 Å². The molecule has 4 heteroatoms. The smallest absolute Gasteiger partial charge is 0.336 e. The number of fused-ring (bicyclic) bond motifs is 1. The topological polar surface area (TPSA) is 60.2 Å². The van der Waals surface area contributed by atoms with Crippen LogP contribution in [0.3, 0.4) is 0 Å². The number of aromatic nitrogens is 1. The highest BCUT2D eigenvalue weighted by atomic mass is 16.4. The first-order valence-electron chi connectivity index (χ1n) is 7.10. The summed E-state index contributed by atoms with van der Waals surface area (Å²) in [5.74, 6) is 0.0304. The molecule has 2 aromatic heterocycles. The summed E-state index contributed by atoms with van der Waals surface area (Å²) < 4.78 is 5.18. The Morgan fingerprint density at radius 3 is 2.68 bits per heavy atom. The molecule has 0 spiro atoms. The van der Waals surface area contributed by atoms with Crippen molar-refractivity contribution in [1.82, 2.24) is 4.98 Å². The first-order chi connectivity index (χ1) is 10.6. The summed E-state index contributed by atoms with van der Waals surface area (Å²) in [7, 11) is 0. The molecule has 0 bridgehead atoms. The van der Waals surface area contributed by atoms with Crippen LogP contribution in [-0.2, 0) is 6.42 Å². The van der Waals surface area contributed by atoms with E-state index in [-0.39, 0.29) is 5.78 Å². The maximum Gasteiger partial charge on any atom is 0.336 e. The minimum absolute atomic E-state index is 0.0304. The van der Waals surface area contributed by atoms with E-state index < -0.39 is 5.63 Å². The van der Waals surface area contributed by atoms with Crippen molar-refractivity contribution < 1.29 is 9.21 Å². The van der Waals surface area contributed by atoms with Crippen LogP contribution >= 0.6 is 0 Å². The molecule has 0 amide bonds. The highest BCUT2D eigenvalue weighted by molar-refractivity contribution is 5.99. The Hall–Kier alpha value is -2.75. The molecule has 0 N–H and O–H groups in total. The van der Waals surface area contributed by atoms with Gasteiger partial charge in [-0.3, -0.25) is 9.78 Å². The number of benzene rings is 1. The molecular weight excluding hydrogens is 278 g/mol. The van der Waals surface area contributed by atoms with E-state index in [0.717, 1.165) is 16.5 Å². The number of carbonyl (C=O) groups is 1. The van der Waals surface area contributed by atoms with Crippen molar-refractivity contribution in [2.75, 3.05) is 0 Å². The molecule has 3 rings (SSSR count). The van der Waals surface area contributed by atoms with Crippen LogP contribution < -0.4 is 5.63 Å². The van der Waals surface area contributed by atoms with Crippen LogP contribution in [0.1, 0.15) is 27.9 Å². The minimum Gasteiger partial charge on any atom is -0.423 e. The first-order valence-corrected chi connectivity index (χ1v) is 7.10. The Morgan fingerprint density at radius 1 is 1.14 bits per heavy atom. The van der Waals surface area contributed by atoms with Gasteiger partial charge in [-0.2, -0.15) is 0 Å². The summed E-state index contributed by atoms with van der Waals surface area (Å²) in [5.41, 5.74) is 2.55. The molecule has 0 aliphatic rings. The number of carbonyl (C=O) groups excluding carboxylic acids is 1. The van der Waals surface area contributed by atoms with Crippen molar-refractivity contribution in [3.05, 3.63) is 75.9 Å². The standard InChI is InChI=1S/C18H15NO3/c1-12-10-18(21)22-17-11-14(3-4-15(12)17)16(20)5-2-13-6-8-19-9-7-13/h3-4,6-11H,2,5H2,1H3. The maximum atomic E-state index is 12.3. The van der Waals surface area contributed by atoms with Gasteiger partial charge in [-0.25, -0.2) is 4.79 Å². The highest BCUT2D eigenvalue weighted by Crippen LogP contribution is 2.19. The zero-order valence-electron chi connectivity index (χ0n) is 12.2. The third-order valence-electron chi connectivity index (χ3n) is 3.66. The largest absolute Gasteiger partial charge is 0.423 e. The Bertz CT molecular complexity index is 882. The summed E-state index contributed by atoms with van der Waals surface area (Å²) >= 11 is 0. The third kappa shape index (κ3) is 2.96. The molecule has 2 heterocycles. The Balaban J connectivity index is 1.83. The first kappa shape index (κ1) is 14.2. The van der Waals surface area contributed by atoms with Crippen LogP contribution in [-0.4, -0.2) is 10.8 Å². The zero-order valence-corrected chi connectivity index (χ0v) is 12.2. The van der Waals surface area contributed by atoms with Crippen molar-refractivity contribution in [3.63, 3.8) is 0 Å². The predicted molar refractivity (Wildman–Crippen MR) is 84.1 cm³/mol. The van der Waals surface area contributed by atoms with Crippen molar-refractivity contribution in [3.8, 4) is 0 Å². The highest BCUT2D eigenvalue weighted by Gasteiger charge is 2.09. The van der Waals surface area contributed by atoms with E-state index in [1.54, 1.807) is 24.5 Å². The molecule has 110 valence electrons. The molecule has 3 aromatic rings. The lowest BCUT2D eigenvalue weighted by Crippen LogP contribution is -2.03. The van der Waals surface area contributed by atoms with Gasteiger partial charge in [0.2, 0.25) is 0 Å². The predicted octanol–water partition coefficient (Wildman–Crippen LogP) is 3.31. The van der Waals surface area contributed by atoms with Crippen molar-refractivity contribution in [2.45, 2.75) is 19.8 Å². The summed E-state index contributed by atoms with van der Waals surface area (Å²) in [6, 6.07) is 10.5. The zero-order chi connectivity index (χ0) is 15.5. The Morgan fingerprint density at radius 2 is 1.91 bits per heavy atom. The number of rotatable bonds is 4. The van der Waals surface area contributed by atoms with Gasteiger partial charge in [0.1, 0.15) is 5.58 Å². The average molecular weight is 293 g/mol. The monoisotopic (exact) mass is 293 g/mol. The normalized spacial score (nSPS) is 10.8. The lowest BCUT2D eigenvalue weighted by molar-refractivity contribution is 0.0983. The van der Waals surface area contributed by atoms with Gasteiger partial charge in [0.05, 0.1) is 0 Å². The summed E-state index contributed by atoms with van der Waals surface area (Å²) in [5, 5.41) is 0.852. The number of hydrogen-bond donors (Lipinski definition) is 0.